The highest BCUT2D eigenvalue weighted by Crippen LogP contribution is 2.26. The molecule has 1 aromatic rings. The van der Waals surface area contributed by atoms with Gasteiger partial charge in [0.1, 0.15) is 0 Å². The van der Waals surface area contributed by atoms with Gasteiger partial charge in [-0.25, -0.2) is 0 Å². The molecule has 12 heavy (non-hydrogen) atoms. The van der Waals surface area contributed by atoms with Gasteiger partial charge in [0.25, 0.3) is 0 Å². The van der Waals surface area contributed by atoms with Crippen LogP contribution in [0.15, 0.2) is 18.2 Å². The molecule has 0 aromatic heterocycles. The predicted octanol–water partition coefficient (Wildman–Crippen LogP) is 2.02. The van der Waals surface area contributed by atoms with E-state index in [0.29, 0.717) is 6.04 Å². The van der Waals surface area contributed by atoms with Gasteiger partial charge in [-0.15, -0.1) is 0 Å². The van der Waals surface area contributed by atoms with Crippen LogP contribution in [0.1, 0.15) is 18.9 Å². The molecule has 2 nitrogen and oxygen atoms in total. The number of nitrogens with two attached hydrogens (primary N) is 1. The van der Waals surface area contributed by atoms with Crippen LogP contribution in [0.2, 0.25) is 0 Å². The number of aryl methyl sites for hydroxylation is 1. The Morgan fingerprint density at radius 2 is 2.33 bits per heavy atom. The van der Waals surface area contributed by atoms with E-state index in [1.807, 2.05) is 6.07 Å². The molecule has 1 aliphatic rings. The lowest BCUT2D eigenvalue weighted by Crippen LogP contribution is -2.21. The minimum Gasteiger partial charge on any atom is -0.399 e. The summed E-state index contributed by atoms with van der Waals surface area (Å²) in [7, 11) is 0. The largest absolute Gasteiger partial charge is 0.399 e. The van der Waals surface area contributed by atoms with Crippen molar-refractivity contribution in [3.63, 3.8) is 0 Å². The SMILES string of the molecule is CC1CCc2cc(N)ccc2N1. The van der Waals surface area contributed by atoms with Gasteiger partial charge in [-0.3, -0.25) is 0 Å². The maximum Gasteiger partial charge on any atom is 0.0376 e. The summed E-state index contributed by atoms with van der Waals surface area (Å²) < 4.78 is 0. The average molecular weight is 162 g/mol. The normalized spacial score (nSPS) is 21.2. The molecule has 0 spiro atoms. The molecule has 0 saturated heterocycles. The van der Waals surface area contributed by atoms with Gasteiger partial charge in [0.2, 0.25) is 0 Å². The number of benzene rings is 1. The average Bonchev–Trinajstić information content (AvgIpc) is 2.05. The van der Waals surface area contributed by atoms with Crippen molar-refractivity contribution < 1.29 is 0 Å². The summed E-state index contributed by atoms with van der Waals surface area (Å²) in [6.07, 6.45) is 2.35. The van der Waals surface area contributed by atoms with Gasteiger partial charge in [0, 0.05) is 17.4 Å². The molecule has 0 saturated carbocycles. The third kappa shape index (κ3) is 1.24. The van der Waals surface area contributed by atoms with E-state index in [-0.39, 0.29) is 0 Å². The summed E-state index contributed by atoms with van der Waals surface area (Å²) in [6.45, 7) is 2.21. The molecule has 1 aliphatic heterocycles. The van der Waals surface area contributed by atoms with Crippen LogP contribution < -0.4 is 11.1 Å². The van der Waals surface area contributed by atoms with Gasteiger partial charge in [0.05, 0.1) is 0 Å². The van der Waals surface area contributed by atoms with E-state index >= 15 is 0 Å². The van der Waals surface area contributed by atoms with E-state index in [4.69, 9.17) is 5.73 Å². The van der Waals surface area contributed by atoms with Gasteiger partial charge in [-0.2, -0.15) is 0 Å². The molecule has 1 atom stereocenters. The Labute approximate surface area is 72.8 Å². The van der Waals surface area contributed by atoms with Crippen LogP contribution in [0.5, 0.6) is 0 Å². The van der Waals surface area contributed by atoms with Gasteiger partial charge in [-0.1, -0.05) is 0 Å². The Morgan fingerprint density at radius 1 is 1.50 bits per heavy atom. The molecule has 0 radical (unpaired) electrons. The molecule has 3 N–H and O–H groups in total. The van der Waals surface area contributed by atoms with E-state index in [2.05, 4.69) is 24.4 Å². The van der Waals surface area contributed by atoms with Crippen molar-refractivity contribution in [3.05, 3.63) is 23.8 Å². The van der Waals surface area contributed by atoms with E-state index < -0.39 is 0 Å². The van der Waals surface area contributed by atoms with Gasteiger partial charge in [-0.05, 0) is 43.5 Å². The number of nitrogens with one attached hydrogen (secondary N) is 1. The Bertz CT molecular complexity index is 294. The van der Waals surface area contributed by atoms with Crippen molar-refractivity contribution in [2.75, 3.05) is 11.1 Å². The topological polar surface area (TPSA) is 38.0 Å². The lowest BCUT2D eigenvalue weighted by Gasteiger charge is -2.24. The minimum absolute atomic E-state index is 0.598. The highest BCUT2D eigenvalue weighted by Gasteiger charge is 2.12. The van der Waals surface area contributed by atoms with Crippen LogP contribution in [-0.2, 0) is 6.42 Å². The Morgan fingerprint density at radius 3 is 3.17 bits per heavy atom. The summed E-state index contributed by atoms with van der Waals surface area (Å²) in [4.78, 5) is 0. The molecular formula is C10H14N2. The van der Waals surface area contributed by atoms with Crippen molar-refractivity contribution in [2.24, 2.45) is 0 Å². The smallest absolute Gasteiger partial charge is 0.0376 e. The number of anilines is 2. The molecule has 1 unspecified atom stereocenters. The van der Waals surface area contributed by atoms with E-state index in [0.717, 1.165) is 12.1 Å². The summed E-state index contributed by atoms with van der Waals surface area (Å²) in [5.74, 6) is 0. The minimum atomic E-state index is 0.598. The first-order valence-electron chi connectivity index (χ1n) is 4.40. The van der Waals surface area contributed by atoms with Crippen LogP contribution in [0.4, 0.5) is 11.4 Å². The number of fused-ring (bicyclic) bond motifs is 1. The zero-order valence-corrected chi connectivity index (χ0v) is 7.30. The number of nitrogen functional groups attached to an aromatic ring is 1. The third-order valence-corrected chi connectivity index (χ3v) is 2.38. The summed E-state index contributed by atoms with van der Waals surface area (Å²) in [6, 6.07) is 6.68. The molecule has 0 fully saturated rings. The van der Waals surface area contributed by atoms with E-state index in [1.165, 1.54) is 17.7 Å². The molecule has 2 rings (SSSR count). The lowest BCUT2D eigenvalue weighted by atomic mass is 9.99. The number of hydrogen-bond donors (Lipinski definition) is 2. The zero-order valence-electron chi connectivity index (χ0n) is 7.30. The first-order chi connectivity index (χ1) is 5.75. The number of rotatable bonds is 0. The summed E-state index contributed by atoms with van der Waals surface area (Å²) >= 11 is 0. The fraction of sp³-hybridized carbons (Fsp3) is 0.400. The fourth-order valence-corrected chi connectivity index (χ4v) is 1.67. The summed E-state index contributed by atoms with van der Waals surface area (Å²) in [5.41, 5.74) is 9.16. The Kier molecular flexibility index (Phi) is 1.68. The second-order valence-electron chi connectivity index (χ2n) is 3.50. The third-order valence-electron chi connectivity index (χ3n) is 2.38. The molecule has 1 heterocycles. The molecular weight excluding hydrogens is 148 g/mol. The van der Waals surface area contributed by atoms with Crippen LogP contribution in [0.25, 0.3) is 0 Å². The molecule has 0 aliphatic carbocycles. The molecule has 1 aromatic carbocycles. The predicted molar refractivity (Wildman–Crippen MR) is 52.3 cm³/mol. The van der Waals surface area contributed by atoms with Crippen molar-refractivity contribution in [2.45, 2.75) is 25.8 Å². The number of hydrogen-bond acceptors (Lipinski definition) is 2. The van der Waals surface area contributed by atoms with E-state index in [1.54, 1.807) is 0 Å². The molecule has 2 heteroatoms. The Hall–Kier alpha value is -1.18. The zero-order chi connectivity index (χ0) is 8.55. The van der Waals surface area contributed by atoms with E-state index in [9.17, 15) is 0 Å². The lowest BCUT2D eigenvalue weighted by molar-refractivity contribution is 0.681. The quantitative estimate of drug-likeness (QED) is 0.573. The van der Waals surface area contributed by atoms with Gasteiger partial charge < -0.3 is 11.1 Å². The van der Waals surface area contributed by atoms with Crippen molar-refractivity contribution in [1.29, 1.82) is 0 Å². The second-order valence-corrected chi connectivity index (χ2v) is 3.50. The first kappa shape index (κ1) is 7.47. The highest BCUT2D eigenvalue weighted by molar-refractivity contribution is 5.59. The van der Waals surface area contributed by atoms with Crippen LogP contribution >= 0.6 is 0 Å². The molecule has 0 amide bonds. The van der Waals surface area contributed by atoms with Crippen LogP contribution in [-0.4, -0.2) is 6.04 Å². The van der Waals surface area contributed by atoms with Crippen LogP contribution in [0.3, 0.4) is 0 Å². The van der Waals surface area contributed by atoms with Crippen molar-refractivity contribution >= 4 is 11.4 Å². The highest BCUT2D eigenvalue weighted by atomic mass is 14.9. The maximum atomic E-state index is 5.69. The van der Waals surface area contributed by atoms with Gasteiger partial charge in [0.15, 0.2) is 0 Å². The molecule has 64 valence electrons. The monoisotopic (exact) mass is 162 g/mol. The maximum absolute atomic E-state index is 5.69. The van der Waals surface area contributed by atoms with Crippen molar-refractivity contribution in [1.82, 2.24) is 0 Å². The fourth-order valence-electron chi connectivity index (χ4n) is 1.67. The standard InChI is InChI=1S/C10H14N2/c1-7-2-3-8-6-9(11)4-5-10(8)12-7/h4-7,12H,2-3,11H2,1H3. The molecule has 0 bridgehead atoms. The summed E-state index contributed by atoms with van der Waals surface area (Å²) in [5, 5.41) is 3.43. The van der Waals surface area contributed by atoms with Crippen LogP contribution in [0, 0.1) is 0 Å². The van der Waals surface area contributed by atoms with Crippen molar-refractivity contribution in [3.8, 4) is 0 Å². The van der Waals surface area contributed by atoms with Gasteiger partial charge >= 0.3 is 0 Å². The second kappa shape index (κ2) is 2.70. The Balaban J connectivity index is 2.37. The first-order valence-corrected chi connectivity index (χ1v) is 4.40.